The van der Waals surface area contributed by atoms with Gasteiger partial charge in [0.2, 0.25) is 6.29 Å². The van der Waals surface area contributed by atoms with E-state index in [-0.39, 0.29) is 30.0 Å². The molecule has 154 valence electrons. The highest BCUT2D eigenvalue weighted by Crippen LogP contribution is 2.48. The topological polar surface area (TPSA) is 44.8 Å². The smallest absolute Gasteiger partial charge is 0.309 e. The lowest BCUT2D eigenvalue weighted by molar-refractivity contribution is -0.145. The first-order valence-electron chi connectivity index (χ1n) is 10.2. The highest BCUT2D eigenvalue weighted by atomic mass is 79.9. The quantitative estimate of drug-likeness (QED) is 0.540. The number of esters is 1. The summed E-state index contributed by atoms with van der Waals surface area (Å²) in [5.41, 5.74) is 3.57. The second-order valence-electron chi connectivity index (χ2n) is 8.13. The van der Waals surface area contributed by atoms with E-state index in [2.05, 4.69) is 52.3 Å². The molecule has 0 amide bonds. The lowest BCUT2D eigenvalue weighted by Gasteiger charge is -2.34. The van der Waals surface area contributed by atoms with Crippen molar-refractivity contribution in [3.8, 4) is 5.75 Å². The van der Waals surface area contributed by atoms with Crippen molar-refractivity contribution >= 4 is 21.9 Å². The van der Waals surface area contributed by atoms with Crippen LogP contribution in [0, 0.1) is 11.8 Å². The summed E-state index contributed by atoms with van der Waals surface area (Å²) >= 11 is 3.50. The predicted molar refractivity (Wildman–Crippen MR) is 115 cm³/mol. The van der Waals surface area contributed by atoms with Crippen molar-refractivity contribution in [2.75, 3.05) is 14.2 Å². The molecule has 1 aliphatic carbocycles. The number of hydrogen-bond acceptors (Lipinski definition) is 4. The first-order chi connectivity index (χ1) is 14.0. The zero-order chi connectivity index (χ0) is 20.5. The molecular weight excluding hydrogens is 432 g/mol. The van der Waals surface area contributed by atoms with Crippen LogP contribution in [-0.2, 0) is 20.7 Å². The van der Waals surface area contributed by atoms with E-state index in [1.807, 2.05) is 13.0 Å². The van der Waals surface area contributed by atoms with E-state index in [1.165, 1.54) is 36.6 Å². The summed E-state index contributed by atoms with van der Waals surface area (Å²) in [5.74, 6) is 1.45. The van der Waals surface area contributed by atoms with E-state index < -0.39 is 0 Å². The minimum atomic E-state index is -0.317. The molecule has 0 aromatic heterocycles. The molecule has 2 aromatic carbocycles. The minimum absolute atomic E-state index is 0.119. The maximum absolute atomic E-state index is 12.2. The van der Waals surface area contributed by atoms with Gasteiger partial charge in [0.25, 0.3) is 0 Å². The molecule has 4 nitrogen and oxygen atoms in total. The molecule has 2 aromatic rings. The molecule has 1 saturated carbocycles. The molecule has 3 unspecified atom stereocenters. The van der Waals surface area contributed by atoms with Crippen LogP contribution < -0.4 is 4.74 Å². The highest BCUT2D eigenvalue weighted by molar-refractivity contribution is 9.10. The molecule has 0 N–H and O–H groups in total. The molecule has 0 saturated heterocycles. The average Bonchev–Trinajstić information content (AvgIpc) is 3.57. The van der Waals surface area contributed by atoms with E-state index in [1.54, 1.807) is 7.11 Å². The van der Waals surface area contributed by atoms with Crippen LogP contribution in [0.2, 0.25) is 0 Å². The molecule has 1 aliphatic heterocycles. The Morgan fingerprint density at radius 1 is 1.14 bits per heavy atom. The van der Waals surface area contributed by atoms with E-state index in [0.717, 1.165) is 16.6 Å². The van der Waals surface area contributed by atoms with Crippen molar-refractivity contribution in [1.82, 2.24) is 0 Å². The van der Waals surface area contributed by atoms with Gasteiger partial charge < -0.3 is 14.2 Å². The van der Waals surface area contributed by atoms with Gasteiger partial charge in [0.1, 0.15) is 5.75 Å². The van der Waals surface area contributed by atoms with Gasteiger partial charge in [-0.1, -0.05) is 47.1 Å². The Kier molecular flexibility index (Phi) is 5.98. The molecule has 29 heavy (non-hydrogen) atoms. The van der Waals surface area contributed by atoms with Gasteiger partial charge in [0.15, 0.2) is 0 Å². The lowest BCUT2D eigenvalue weighted by atomic mass is 9.81. The third-order valence-corrected chi connectivity index (χ3v) is 6.78. The Balaban J connectivity index is 1.65. The van der Waals surface area contributed by atoms with Crippen LogP contribution in [0.3, 0.4) is 0 Å². The Hall–Kier alpha value is -1.85. The Labute approximate surface area is 180 Å². The van der Waals surface area contributed by atoms with E-state index >= 15 is 0 Å². The second kappa shape index (κ2) is 8.49. The number of rotatable bonds is 6. The lowest BCUT2D eigenvalue weighted by Crippen LogP contribution is -2.33. The molecule has 0 spiro atoms. The third-order valence-electron chi connectivity index (χ3n) is 6.25. The highest BCUT2D eigenvalue weighted by Gasteiger charge is 2.40. The number of fused-ring (bicyclic) bond motifs is 1. The van der Waals surface area contributed by atoms with Gasteiger partial charge in [0, 0.05) is 11.6 Å². The number of carbonyl (C=O) groups is 1. The van der Waals surface area contributed by atoms with Gasteiger partial charge in [-0.05, 0) is 66.0 Å². The second-order valence-corrected chi connectivity index (χ2v) is 9.04. The molecule has 1 fully saturated rings. The zero-order valence-corrected chi connectivity index (χ0v) is 18.6. The Bertz CT molecular complexity index is 875. The zero-order valence-electron chi connectivity index (χ0n) is 17.1. The van der Waals surface area contributed by atoms with Crippen molar-refractivity contribution in [1.29, 1.82) is 0 Å². The maximum atomic E-state index is 12.2. The van der Waals surface area contributed by atoms with Gasteiger partial charge >= 0.3 is 5.97 Å². The van der Waals surface area contributed by atoms with Crippen molar-refractivity contribution in [3.05, 3.63) is 63.6 Å². The molecule has 1 heterocycles. The third kappa shape index (κ3) is 4.22. The molecule has 0 radical (unpaired) electrons. The fraction of sp³-hybridized carbons (Fsp3) is 0.458. The van der Waals surface area contributed by atoms with Crippen molar-refractivity contribution in [2.24, 2.45) is 11.8 Å². The molecule has 2 aliphatic rings. The largest absolute Gasteiger partial charge is 0.469 e. The van der Waals surface area contributed by atoms with Crippen LogP contribution in [-0.4, -0.2) is 26.5 Å². The Morgan fingerprint density at radius 2 is 1.86 bits per heavy atom. The molecule has 4 rings (SSSR count). The van der Waals surface area contributed by atoms with Gasteiger partial charge in [-0.3, -0.25) is 4.79 Å². The summed E-state index contributed by atoms with van der Waals surface area (Å²) in [7, 11) is 3.16. The summed E-state index contributed by atoms with van der Waals surface area (Å²) < 4.78 is 17.9. The van der Waals surface area contributed by atoms with Crippen LogP contribution in [0.1, 0.15) is 48.3 Å². The van der Waals surface area contributed by atoms with Gasteiger partial charge in [-0.2, -0.15) is 0 Å². The van der Waals surface area contributed by atoms with E-state index in [0.29, 0.717) is 5.92 Å². The number of hydrogen-bond donors (Lipinski definition) is 0. The fourth-order valence-corrected chi connectivity index (χ4v) is 4.84. The van der Waals surface area contributed by atoms with E-state index in [9.17, 15) is 4.79 Å². The molecule has 0 bridgehead atoms. The molecular formula is C24H27BrO4. The van der Waals surface area contributed by atoms with Gasteiger partial charge in [-0.15, -0.1) is 0 Å². The summed E-state index contributed by atoms with van der Waals surface area (Å²) in [6.07, 6.45) is 2.87. The van der Waals surface area contributed by atoms with Crippen LogP contribution in [0.15, 0.2) is 46.9 Å². The van der Waals surface area contributed by atoms with Crippen molar-refractivity contribution in [2.45, 2.75) is 44.3 Å². The Morgan fingerprint density at radius 3 is 2.48 bits per heavy atom. The fourth-order valence-electron chi connectivity index (χ4n) is 4.58. The maximum Gasteiger partial charge on any atom is 0.309 e. The first kappa shape index (κ1) is 20.4. The molecule has 4 atom stereocenters. The standard InChI is InChI=1S/C24H27BrO4/c1-14(23(26)27-2)22(16-4-5-16)17-8-11-21-18(12-17)13-20(24(28-3)29-21)15-6-9-19(25)10-7-15/h6-12,14,16,20,22,24H,4-5,13H2,1-3H3/t14-,20?,22?,24?/m0/s1. The number of carbonyl (C=O) groups excluding carboxylic acids is 1. The number of methoxy groups -OCH3 is 2. The average molecular weight is 459 g/mol. The van der Waals surface area contributed by atoms with Crippen LogP contribution in [0.25, 0.3) is 0 Å². The first-order valence-corrected chi connectivity index (χ1v) is 11.0. The summed E-state index contributed by atoms with van der Waals surface area (Å²) in [4.78, 5) is 12.2. The number of halogens is 1. The number of ether oxygens (including phenoxy) is 3. The SMILES string of the molecule is COC(=O)[C@@H](C)C(c1ccc2c(c1)CC(c1ccc(Br)cc1)C(OC)O2)C1CC1. The summed E-state index contributed by atoms with van der Waals surface area (Å²) in [6.45, 7) is 1.98. The summed E-state index contributed by atoms with van der Waals surface area (Å²) in [5, 5.41) is 0. The van der Waals surface area contributed by atoms with Crippen LogP contribution in [0.5, 0.6) is 5.75 Å². The molecule has 5 heteroatoms. The van der Waals surface area contributed by atoms with E-state index in [4.69, 9.17) is 14.2 Å². The van der Waals surface area contributed by atoms with Crippen molar-refractivity contribution in [3.63, 3.8) is 0 Å². The van der Waals surface area contributed by atoms with Gasteiger partial charge in [0.05, 0.1) is 18.9 Å². The number of benzene rings is 2. The monoisotopic (exact) mass is 458 g/mol. The normalized spacial score (nSPS) is 22.9. The van der Waals surface area contributed by atoms with Crippen LogP contribution in [0.4, 0.5) is 0 Å². The van der Waals surface area contributed by atoms with Crippen LogP contribution >= 0.6 is 15.9 Å². The summed E-state index contributed by atoms with van der Waals surface area (Å²) in [6, 6.07) is 14.7. The van der Waals surface area contributed by atoms with Gasteiger partial charge in [-0.25, -0.2) is 0 Å². The van der Waals surface area contributed by atoms with Crippen molar-refractivity contribution < 1.29 is 19.0 Å². The minimum Gasteiger partial charge on any atom is -0.469 e. The predicted octanol–water partition coefficient (Wildman–Crippen LogP) is 5.44.